The van der Waals surface area contributed by atoms with Gasteiger partial charge in [-0.15, -0.1) is 4.36 Å². The number of nitrogens with zero attached hydrogens (tertiary/aromatic N) is 1. The van der Waals surface area contributed by atoms with E-state index < -0.39 is 21.4 Å². The quantitative estimate of drug-likeness (QED) is 0.519. The number of rotatable bonds is 8. The van der Waals surface area contributed by atoms with Crippen molar-refractivity contribution in [2.24, 2.45) is 4.36 Å². The van der Waals surface area contributed by atoms with Crippen LogP contribution in [-0.2, 0) is 20.2 Å². The van der Waals surface area contributed by atoms with Crippen LogP contribution in [0.3, 0.4) is 0 Å². The number of amides is 1. The SMILES string of the molecule is CC(C)(C)OC(=O)N=S(C)(=O)Cc1cc(N[O-])cc(OCCCCO)c1. The molecule has 1 aromatic rings. The second-order valence-electron chi connectivity index (χ2n) is 6.92. The minimum atomic E-state index is -2.90. The highest BCUT2D eigenvalue weighted by atomic mass is 32.2. The van der Waals surface area contributed by atoms with E-state index in [1.165, 1.54) is 18.4 Å². The van der Waals surface area contributed by atoms with Crippen molar-refractivity contribution in [2.75, 3.05) is 24.9 Å². The van der Waals surface area contributed by atoms with Gasteiger partial charge in [0.1, 0.15) is 11.4 Å². The summed E-state index contributed by atoms with van der Waals surface area (Å²) in [6.07, 6.45) is 1.75. The van der Waals surface area contributed by atoms with Crippen molar-refractivity contribution in [3.8, 4) is 5.75 Å². The van der Waals surface area contributed by atoms with Crippen molar-refractivity contribution < 1.29 is 23.6 Å². The van der Waals surface area contributed by atoms with Crippen molar-refractivity contribution in [3.63, 3.8) is 0 Å². The summed E-state index contributed by atoms with van der Waals surface area (Å²) >= 11 is 0. The van der Waals surface area contributed by atoms with Crippen LogP contribution in [0.5, 0.6) is 5.75 Å². The summed E-state index contributed by atoms with van der Waals surface area (Å²) in [6.45, 7) is 5.55. The molecule has 1 rings (SSSR count). The molecule has 148 valence electrons. The second-order valence-corrected chi connectivity index (χ2v) is 9.31. The molecule has 1 amide bonds. The zero-order valence-corrected chi connectivity index (χ0v) is 16.4. The van der Waals surface area contributed by atoms with Gasteiger partial charge in [-0.1, -0.05) is 0 Å². The Labute approximate surface area is 154 Å². The van der Waals surface area contributed by atoms with Crippen molar-refractivity contribution in [1.82, 2.24) is 0 Å². The molecular formula is C17H27N2O6S-. The minimum Gasteiger partial charge on any atom is -0.761 e. The number of aliphatic hydroxyl groups is 1. The fourth-order valence-electron chi connectivity index (χ4n) is 2.07. The Morgan fingerprint density at radius 3 is 2.58 bits per heavy atom. The third-order valence-corrected chi connectivity index (χ3v) is 4.41. The molecule has 0 saturated carbocycles. The number of anilines is 1. The highest BCUT2D eigenvalue weighted by Crippen LogP contribution is 2.23. The molecule has 0 aliphatic heterocycles. The van der Waals surface area contributed by atoms with Crippen LogP contribution in [0.25, 0.3) is 0 Å². The molecule has 8 nitrogen and oxygen atoms in total. The highest BCUT2D eigenvalue weighted by molar-refractivity contribution is 7.92. The monoisotopic (exact) mass is 387 g/mol. The summed E-state index contributed by atoms with van der Waals surface area (Å²) in [5.74, 6) is 0.403. The largest absolute Gasteiger partial charge is 0.761 e. The van der Waals surface area contributed by atoms with Crippen LogP contribution in [0, 0.1) is 5.21 Å². The first kappa shape index (κ1) is 22.2. The van der Waals surface area contributed by atoms with E-state index >= 15 is 0 Å². The first-order valence-corrected chi connectivity index (χ1v) is 10.3. The smallest absolute Gasteiger partial charge is 0.442 e. The van der Waals surface area contributed by atoms with Gasteiger partial charge >= 0.3 is 6.09 Å². The Balaban J connectivity index is 2.92. The number of hydrogen-bond acceptors (Lipinski definition) is 7. The van der Waals surface area contributed by atoms with Crippen LogP contribution >= 0.6 is 0 Å². The molecule has 0 aliphatic rings. The number of ether oxygens (including phenoxy) is 2. The number of unbranched alkanes of at least 4 members (excludes halogenated alkanes) is 1. The number of carbonyl (C=O) groups is 1. The van der Waals surface area contributed by atoms with Crippen molar-refractivity contribution in [2.45, 2.75) is 45.0 Å². The number of nitrogens with one attached hydrogen (secondary N) is 1. The van der Waals surface area contributed by atoms with Gasteiger partial charge < -0.3 is 25.3 Å². The fourth-order valence-corrected chi connectivity index (χ4v) is 3.27. The maximum Gasteiger partial charge on any atom is 0.442 e. The van der Waals surface area contributed by atoms with Crippen LogP contribution < -0.4 is 10.2 Å². The van der Waals surface area contributed by atoms with E-state index in [9.17, 15) is 14.2 Å². The molecular weight excluding hydrogens is 360 g/mol. The average molecular weight is 387 g/mol. The third kappa shape index (κ3) is 9.02. The molecule has 0 radical (unpaired) electrons. The number of aliphatic hydroxyl groups excluding tert-OH is 1. The van der Waals surface area contributed by atoms with Crippen LogP contribution in [0.1, 0.15) is 39.2 Å². The maximum atomic E-state index is 12.6. The lowest BCUT2D eigenvalue weighted by molar-refractivity contribution is 0.0607. The van der Waals surface area contributed by atoms with Crippen molar-refractivity contribution in [1.29, 1.82) is 0 Å². The molecule has 0 bridgehead atoms. The lowest BCUT2D eigenvalue weighted by Crippen LogP contribution is -2.22. The normalized spacial score (nSPS) is 13.6. The van der Waals surface area contributed by atoms with E-state index in [4.69, 9.17) is 14.6 Å². The van der Waals surface area contributed by atoms with Gasteiger partial charge in [-0.05, 0) is 51.3 Å². The first-order valence-electron chi connectivity index (χ1n) is 8.23. The summed E-state index contributed by atoms with van der Waals surface area (Å²) in [7, 11) is -2.90. The third-order valence-electron chi connectivity index (χ3n) is 3.00. The zero-order chi connectivity index (χ0) is 19.8. The fraction of sp³-hybridized carbons (Fsp3) is 0.588. The first-order chi connectivity index (χ1) is 12.0. The molecule has 0 aliphatic carbocycles. The summed E-state index contributed by atoms with van der Waals surface area (Å²) in [5.41, 5.74) is 1.86. The summed E-state index contributed by atoms with van der Waals surface area (Å²) < 4.78 is 26.9. The van der Waals surface area contributed by atoms with Gasteiger partial charge in [0.25, 0.3) is 0 Å². The standard InChI is InChI=1S/C17H27N2O6S/c1-17(2,3)25-16(21)19-26(4,23)12-13-9-14(18-22)11-15(10-13)24-8-6-5-7-20/h9-11,18,20H,5-8,12H2,1-4H3/q-1. The Kier molecular flexibility index (Phi) is 8.32. The molecule has 1 unspecified atom stereocenters. The zero-order valence-electron chi connectivity index (χ0n) is 15.6. The predicted octanol–water partition coefficient (Wildman–Crippen LogP) is 3.28. The Hall–Kier alpha value is -1.84. The molecule has 0 aromatic heterocycles. The van der Waals surface area contributed by atoms with Gasteiger partial charge in [-0.2, -0.15) is 0 Å². The summed E-state index contributed by atoms with van der Waals surface area (Å²) in [6, 6.07) is 4.70. The molecule has 1 atom stereocenters. The van der Waals surface area contributed by atoms with E-state index in [0.29, 0.717) is 30.8 Å². The van der Waals surface area contributed by atoms with Gasteiger partial charge in [0.2, 0.25) is 0 Å². The van der Waals surface area contributed by atoms with E-state index in [1.54, 1.807) is 32.3 Å². The Bertz CT molecular complexity index is 720. The molecule has 0 saturated heterocycles. The Morgan fingerprint density at radius 2 is 2.00 bits per heavy atom. The predicted molar refractivity (Wildman–Crippen MR) is 102 cm³/mol. The van der Waals surface area contributed by atoms with Crippen molar-refractivity contribution >= 4 is 21.5 Å². The number of hydrogen-bond donors (Lipinski definition) is 2. The van der Waals surface area contributed by atoms with Crippen molar-refractivity contribution in [3.05, 3.63) is 29.0 Å². The van der Waals surface area contributed by atoms with Crippen LogP contribution in [0.2, 0.25) is 0 Å². The van der Waals surface area contributed by atoms with Crippen LogP contribution in [0.4, 0.5) is 10.5 Å². The van der Waals surface area contributed by atoms with E-state index in [2.05, 4.69) is 4.36 Å². The van der Waals surface area contributed by atoms with Gasteiger partial charge in [0.15, 0.2) is 0 Å². The average Bonchev–Trinajstić information content (AvgIpc) is 2.48. The molecule has 0 fully saturated rings. The van der Waals surface area contributed by atoms with Crippen LogP contribution in [-0.4, -0.2) is 40.5 Å². The van der Waals surface area contributed by atoms with E-state index in [0.717, 1.165) is 0 Å². The van der Waals surface area contributed by atoms with E-state index in [1.807, 2.05) is 0 Å². The van der Waals surface area contributed by atoms with Gasteiger partial charge in [-0.3, -0.25) is 0 Å². The molecule has 26 heavy (non-hydrogen) atoms. The summed E-state index contributed by atoms with van der Waals surface area (Å²) in [4.78, 5) is 11.8. The lowest BCUT2D eigenvalue weighted by atomic mass is 10.2. The lowest BCUT2D eigenvalue weighted by Gasteiger charge is -2.18. The molecule has 9 heteroatoms. The topological polar surface area (TPSA) is 120 Å². The second kappa shape index (κ2) is 9.75. The van der Waals surface area contributed by atoms with Gasteiger partial charge in [0.05, 0.1) is 22.1 Å². The number of carbonyl (C=O) groups excluding carboxylic acids is 1. The van der Waals surface area contributed by atoms with Crippen LogP contribution in [0.15, 0.2) is 22.6 Å². The van der Waals surface area contributed by atoms with Gasteiger partial charge in [-0.25, -0.2) is 9.00 Å². The summed E-state index contributed by atoms with van der Waals surface area (Å²) in [5, 5.41) is 19.8. The van der Waals surface area contributed by atoms with E-state index in [-0.39, 0.29) is 18.0 Å². The highest BCUT2D eigenvalue weighted by Gasteiger charge is 2.17. The maximum absolute atomic E-state index is 12.6. The number of benzene rings is 1. The minimum absolute atomic E-state index is 0.0330. The Morgan fingerprint density at radius 1 is 1.31 bits per heavy atom. The molecule has 2 N–H and O–H groups in total. The molecule has 1 aromatic carbocycles. The molecule has 0 heterocycles. The van der Waals surface area contributed by atoms with Gasteiger partial charge in [0, 0.05) is 24.6 Å². The molecule has 0 spiro atoms.